The van der Waals surface area contributed by atoms with Crippen molar-refractivity contribution in [1.82, 2.24) is 15.5 Å². The molecule has 1 aliphatic heterocycles. The number of nitrogens with two attached hydrogens (primary N) is 1. The van der Waals surface area contributed by atoms with E-state index in [1.54, 1.807) is 6.92 Å². The van der Waals surface area contributed by atoms with Crippen molar-refractivity contribution in [3.8, 4) is 0 Å². The van der Waals surface area contributed by atoms with Crippen LogP contribution in [-0.4, -0.2) is 35.3 Å². The molecule has 3 N–H and O–H groups in total. The van der Waals surface area contributed by atoms with E-state index in [0.717, 1.165) is 25.3 Å². The number of aryl methyl sites for hydroxylation is 1. The van der Waals surface area contributed by atoms with Gasteiger partial charge in [-0.15, -0.1) is 0 Å². The van der Waals surface area contributed by atoms with Gasteiger partial charge in [0, 0.05) is 13.1 Å². The van der Waals surface area contributed by atoms with Crippen molar-refractivity contribution in [3.63, 3.8) is 0 Å². The highest BCUT2D eigenvalue weighted by Crippen LogP contribution is 2.31. The van der Waals surface area contributed by atoms with Gasteiger partial charge >= 0.3 is 0 Å². The Hall–Kier alpha value is -1.63. The van der Waals surface area contributed by atoms with Gasteiger partial charge in [0.15, 0.2) is 11.8 Å². The first-order valence-electron chi connectivity index (χ1n) is 7.70. The number of hydrogen-bond acceptors (Lipinski definition) is 5. The van der Waals surface area contributed by atoms with E-state index in [1.165, 1.54) is 19.3 Å². The molecule has 0 spiro atoms. The van der Waals surface area contributed by atoms with Gasteiger partial charge in [0.25, 0.3) is 5.89 Å². The summed E-state index contributed by atoms with van der Waals surface area (Å²) in [4.78, 5) is 8.59. The highest BCUT2D eigenvalue weighted by Gasteiger charge is 2.30. The van der Waals surface area contributed by atoms with Crippen molar-refractivity contribution in [2.75, 3.05) is 13.1 Å². The minimum atomic E-state index is -0.0915. The van der Waals surface area contributed by atoms with Crippen molar-refractivity contribution in [3.05, 3.63) is 11.7 Å². The van der Waals surface area contributed by atoms with Crippen LogP contribution in [0.2, 0.25) is 0 Å². The van der Waals surface area contributed by atoms with Gasteiger partial charge in [-0.2, -0.15) is 4.98 Å². The molecule has 7 nitrogen and oxygen atoms in total. The first-order valence-corrected chi connectivity index (χ1v) is 7.70. The second-order valence-electron chi connectivity index (χ2n) is 5.91. The molecule has 1 saturated heterocycles. The summed E-state index contributed by atoms with van der Waals surface area (Å²) < 4.78 is 11.1. The summed E-state index contributed by atoms with van der Waals surface area (Å²) in [7, 11) is 0. The third-order valence-corrected chi connectivity index (χ3v) is 4.18. The van der Waals surface area contributed by atoms with E-state index < -0.39 is 0 Å². The Morgan fingerprint density at radius 1 is 1.38 bits per heavy atom. The molecule has 21 heavy (non-hydrogen) atoms. The molecule has 2 atom stereocenters. The van der Waals surface area contributed by atoms with E-state index in [-0.39, 0.29) is 12.2 Å². The fourth-order valence-electron chi connectivity index (χ4n) is 2.66. The summed E-state index contributed by atoms with van der Waals surface area (Å²) in [6.07, 6.45) is 5.77. The molecule has 116 valence electrons. The van der Waals surface area contributed by atoms with Gasteiger partial charge in [-0.3, -0.25) is 4.99 Å². The number of hydrogen-bond donors (Lipinski definition) is 2. The largest absolute Gasteiger partial charge is 0.370 e. The van der Waals surface area contributed by atoms with Crippen molar-refractivity contribution < 1.29 is 9.26 Å². The summed E-state index contributed by atoms with van der Waals surface area (Å²) in [5, 5.41) is 6.94. The van der Waals surface area contributed by atoms with Crippen LogP contribution in [0.4, 0.5) is 0 Å². The average molecular weight is 293 g/mol. The average Bonchev–Trinajstić information content (AvgIpc) is 3.03. The van der Waals surface area contributed by atoms with Crippen LogP contribution in [0.25, 0.3) is 0 Å². The van der Waals surface area contributed by atoms with Gasteiger partial charge in [0.1, 0.15) is 6.10 Å². The monoisotopic (exact) mass is 293 g/mol. The Bertz CT molecular complexity index is 497. The van der Waals surface area contributed by atoms with Crippen LogP contribution in [0.1, 0.15) is 49.9 Å². The number of nitrogens with zero attached hydrogens (tertiary/aromatic N) is 3. The van der Waals surface area contributed by atoms with Crippen molar-refractivity contribution >= 4 is 5.96 Å². The van der Waals surface area contributed by atoms with E-state index in [2.05, 4.69) is 20.4 Å². The Kier molecular flexibility index (Phi) is 4.38. The number of guanidine groups is 1. The second kappa shape index (κ2) is 6.43. The molecule has 0 bridgehead atoms. The summed E-state index contributed by atoms with van der Waals surface area (Å²) in [6, 6.07) is 0. The van der Waals surface area contributed by atoms with Crippen LogP contribution < -0.4 is 11.1 Å². The SMILES string of the molecule is Cc1noc([C@@H]2CC[C@H](CNC(N)=NCC3CCC3)O2)n1. The van der Waals surface area contributed by atoms with E-state index in [9.17, 15) is 0 Å². The Balaban J connectivity index is 1.40. The predicted octanol–water partition coefficient (Wildman–Crippen LogP) is 1.30. The molecule has 1 saturated carbocycles. The highest BCUT2D eigenvalue weighted by molar-refractivity contribution is 5.77. The molecule has 0 aromatic carbocycles. The van der Waals surface area contributed by atoms with Crippen LogP contribution in [0.5, 0.6) is 0 Å². The van der Waals surface area contributed by atoms with Gasteiger partial charge in [-0.05, 0) is 38.5 Å². The molecule has 2 heterocycles. The smallest absolute Gasteiger partial charge is 0.255 e. The van der Waals surface area contributed by atoms with Gasteiger partial charge in [0.2, 0.25) is 0 Å². The zero-order chi connectivity index (χ0) is 14.7. The molecule has 0 radical (unpaired) electrons. The lowest BCUT2D eigenvalue weighted by Gasteiger charge is -2.23. The van der Waals surface area contributed by atoms with Crippen LogP contribution in [0.3, 0.4) is 0 Å². The maximum absolute atomic E-state index is 5.90. The van der Waals surface area contributed by atoms with E-state index in [4.69, 9.17) is 15.0 Å². The van der Waals surface area contributed by atoms with Crippen molar-refractivity contribution in [1.29, 1.82) is 0 Å². The van der Waals surface area contributed by atoms with Crippen LogP contribution in [0, 0.1) is 12.8 Å². The van der Waals surface area contributed by atoms with Crippen molar-refractivity contribution in [2.24, 2.45) is 16.6 Å². The fraction of sp³-hybridized carbons (Fsp3) is 0.786. The molecule has 2 aliphatic rings. The number of nitrogens with one attached hydrogen (secondary N) is 1. The van der Waals surface area contributed by atoms with Crippen LogP contribution in [0.15, 0.2) is 9.52 Å². The van der Waals surface area contributed by atoms with E-state index >= 15 is 0 Å². The van der Waals surface area contributed by atoms with Crippen LogP contribution in [-0.2, 0) is 4.74 Å². The molecule has 7 heteroatoms. The highest BCUT2D eigenvalue weighted by atomic mass is 16.5. The zero-order valence-electron chi connectivity index (χ0n) is 12.4. The molecule has 3 rings (SSSR count). The summed E-state index contributed by atoms with van der Waals surface area (Å²) in [5.74, 6) is 2.46. The minimum Gasteiger partial charge on any atom is -0.370 e. The standard InChI is InChI=1S/C14H23N5O2/c1-9-18-13(21-19-9)12-6-5-11(20-12)8-17-14(15)16-7-10-3-2-4-10/h10-12H,2-8H2,1H3,(H3,15,16,17)/t11-,12+/m1/s1. The molecular formula is C14H23N5O2. The maximum atomic E-state index is 5.90. The second-order valence-corrected chi connectivity index (χ2v) is 5.91. The first-order chi connectivity index (χ1) is 10.2. The van der Waals surface area contributed by atoms with Gasteiger partial charge in [0.05, 0.1) is 6.10 Å². The lowest BCUT2D eigenvalue weighted by Crippen LogP contribution is -2.37. The van der Waals surface area contributed by atoms with E-state index in [0.29, 0.717) is 24.2 Å². The number of aliphatic imine (C=N–C) groups is 1. The fourth-order valence-corrected chi connectivity index (χ4v) is 2.66. The first kappa shape index (κ1) is 14.3. The Morgan fingerprint density at radius 3 is 2.90 bits per heavy atom. The normalized spacial score (nSPS) is 26.8. The Labute approximate surface area is 124 Å². The number of aromatic nitrogens is 2. The van der Waals surface area contributed by atoms with Gasteiger partial charge in [-0.25, -0.2) is 0 Å². The van der Waals surface area contributed by atoms with Crippen molar-refractivity contribution in [2.45, 2.75) is 51.2 Å². The van der Waals surface area contributed by atoms with E-state index in [1.807, 2.05) is 0 Å². The topological polar surface area (TPSA) is 98.6 Å². The minimum absolute atomic E-state index is 0.0915. The molecule has 1 aliphatic carbocycles. The number of rotatable bonds is 5. The zero-order valence-corrected chi connectivity index (χ0v) is 12.4. The lowest BCUT2D eigenvalue weighted by atomic mass is 9.86. The van der Waals surface area contributed by atoms with Crippen LogP contribution >= 0.6 is 0 Å². The summed E-state index contributed by atoms with van der Waals surface area (Å²) >= 11 is 0. The Morgan fingerprint density at radius 2 is 2.24 bits per heavy atom. The maximum Gasteiger partial charge on any atom is 0.255 e. The van der Waals surface area contributed by atoms with Gasteiger partial charge in [-0.1, -0.05) is 11.6 Å². The van der Waals surface area contributed by atoms with Gasteiger partial charge < -0.3 is 20.3 Å². The number of ether oxygens (including phenoxy) is 1. The lowest BCUT2D eigenvalue weighted by molar-refractivity contribution is 0.0286. The molecule has 1 aromatic heterocycles. The molecule has 1 aromatic rings. The molecular weight excluding hydrogens is 270 g/mol. The summed E-state index contributed by atoms with van der Waals surface area (Å²) in [5.41, 5.74) is 5.87. The third kappa shape index (κ3) is 3.72. The third-order valence-electron chi connectivity index (χ3n) is 4.18. The molecule has 0 unspecified atom stereocenters. The summed E-state index contributed by atoms with van der Waals surface area (Å²) in [6.45, 7) is 3.32. The molecule has 0 amide bonds. The quantitative estimate of drug-likeness (QED) is 0.627. The predicted molar refractivity (Wildman–Crippen MR) is 77.7 cm³/mol. The molecule has 2 fully saturated rings.